The number of hydrogen-bond donors (Lipinski definition) is 0. The molecule has 0 atom stereocenters. The minimum Gasteiger partial charge on any atom is -0.491 e. The van der Waals surface area contributed by atoms with Crippen molar-refractivity contribution in [3.05, 3.63) is 53.4 Å². The fourth-order valence-electron chi connectivity index (χ4n) is 2.05. The van der Waals surface area contributed by atoms with Gasteiger partial charge in [0, 0.05) is 20.4 Å². The molecular formula is C17H20N2O3. The van der Waals surface area contributed by atoms with Crippen LogP contribution in [0.15, 0.2) is 36.5 Å². The molecule has 0 aliphatic rings. The molecule has 0 saturated carbocycles. The first-order valence-electron chi connectivity index (χ1n) is 7.04. The first-order valence-corrected chi connectivity index (χ1v) is 7.04. The molecule has 0 aliphatic carbocycles. The number of aryl methyl sites for hydroxylation is 2. The molecule has 0 bridgehead atoms. The molecule has 5 heteroatoms. The highest BCUT2D eigenvalue weighted by molar-refractivity contribution is 6.07. The highest BCUT2D eigenvalue weighted by Gasteiger charge is 2.09. The van der Waals surface area contributed by atoms with Crippen LogP contribution in [-0.2, 0) is 11.8 Å². The van der Waals surface area contributed by atoms with Crippen LogP contribution in [0.5, 0.6) is 5.75 Å². The van der Waals surface area contributed by atoms with Crippen LogP contribution >= 0.6 is 0 Å². The van der Waals surface area contributed by atoms with Crippen molar-refractivity contribution < 1.29 is 14.3 Å². The first kappa shape index (κ1) is 16.0. The van der Waals surface area contributed by atoms with Crippen molar-refractivity contribution in [1.29, 1.82) is 0 Å². The number of ketones is 1. The van der Waals surface area contributed by atoms with E-state index in [4.69, 9.17) is 9.47 Å². The van der Waals surface area contributed by atoms with Crippen LogP contribution in [0.1, 0.15) is 21.6 Å². The smallest absolute Gasteiger partial charge is 0.189 e. The van der Waals surface area contributed by atoms with Gasteiger partial charge in [-0.3, -0.25) is 9.48 Å². The van der Waals surface area contributed by atoms with Gasteiger partial charge in [0.25, 0.3) is 0 Å². The maximum absolute atomic E-state index is 12.2. The molecule has 0 fully saturated rings. The molecule has 0 N–H and O–H groups in total. The largest absolute Gasteiger partial charge is 0.491 e. The number of nitrogens with zero attached hydrogens (tertiary/aromatic N) is 2. The van der Waals surface area contributed by atoms with E-state index < -0.39 is 0 Å². The lowest BCUT2D eigenvalue weighted by Crippen LogP contribution is -2.04. The van der Waals surface area contributed by atoms with E-state index in [2.05, 4.69) is 5.10 Å². The van der Waals surface area contributed by atoms with Crippen molar-refractivity contribution in [2.45, 2.75) is 6.92 Å². The fourth-order valence-corrected chi connectivity index (χ4v) is 2.05. The number of hydrogen-bond acceptors (Lipinski definition) is 4. The van der Waals surface area contributed by atoms with Gasteiger partial charge in [-0.25, -0.2) is 0 Å². The summed E-state index contributed by atoms with van der Waals surface area (Å²) < 4.78 is 12.1. The molecule has 0 saturated heterocycles. The molecule has 0 unspecified atom stereocenters. The zero-order chi connectivity index (χ0) is 15.9. The molecule has 116 valence electrons. The minimum absolute atomic E-state index is 0.0590. The van der Waals surface area contributed by atoms with Crippen molar-refractivity contribution in [3.8, 4) is 5.75 Å². The third-order valence-corrected chi connectivity index (χ3v) is 3.12. The van der Waals surface area contributed by atoms with E-state index in [1.807, 2.05) is 31.2 Å². The summed E-state index contributed by atoms with van der Waals surface area (Å²) in [5, 5.41) is 4.17. The summed E-state index contributed by atoms with van der Waals surface area (Å²) in [6.07, 6.45) is 5.06. The zero-order valence-corrected chi connectivity index (χ0v) is 13.1. The fraction of sp³-hybridized carbons (Fsp3) is 0.294. The van der Waals surface area contributed by atoms with Crippen molar-refractivity contribution in [2.75, 3.05) is 20.3 Å². The number of benzene rings is 1. The lowest BCUT2D eigenvalue weighted by Gasteiger charge is -2.05. The quantitative estimate of drug-likeness (QED) is 0.448. The number of aromatic nitrogens is 2. The number of carbonyl (C=O) groups is 1. The molecule has 2 aromatic rings. The zero-order valence-electron chi connectivity index (χ0n) is 13.1. The molecule has 1 aromatic carbocycles. The van der Waals surface area contributed by atoms with Crippen molar-refractivity contribution >= 4 is 11.9 Å². The SMILES string of the molecule is COCCOc1cccc(C=CC(=O)c2cn(C)nc2C)c1. The number of rotatable bonds is 7. The Bertz CT molecular complexity index is 674. The van der Waals surface area contributed by atoms with Gasteiger partial charge in [0.15, 0.2) is 5.78 Å². The Morgan fingerprint density at radius 2 is 2.18 bits per heavy atom. The summed E-state index contributed by atoms with van der Waals surface area (Å²) in [6, 6.07) is 7.57. The summed E-state index contributed by atoms with van der Waals surface area (Å²) in [7, 11) is 3.43. The second kappa shape index (κ2) is 7.56. The van der Waals surface area contributed by atoms with Crippen LogP contribution in [-0.4, -0.2) is 35.9 Å². The van der Waals surface area contributed by atoms with Crippen LogP contribution in [0.2, 0.25) is 0 Å². The predicted octanol–water partition coefficient (Wildman–Crippen LogP) is 2.65. The predicted molar refractivity (Wildman–Crippen MR) is 85.1 cm³/mol. The molecule has 0 amide bonds. The maximum Gasteiger partial charge on any atom is 0.189 e. The molecule has 0 aliphatic heterocycles. The van der Waals surface area contributed by atoms with Crippen LogP contribution in [0, 0.1) is 6.92 Å². The molecule has 1 heterocycles. The summed E-state index contributed by atoms with van der Waals surface area (Å²) in [5.74, 6) is 0.695. The van der Waals surface area contributed by atoms with Crippen molar-refractivity contribution in [3.63, 3.8) is 0 Å². The van der Waals surface area contributed by atoms with E-state index in [1.165, 1.54) is 0 Å². The monoisotopic (exact) mass is 300 g/mol. The standard InChI is InChI=1S/C17H20N2O3/c1-13-16(12-19(2)18-13)17(20)8-7-14-5-4-6-15(11-14)22-10-9-21-3/h4-8,11-12H,9-10H2,1-3H3. The third kappa shape index (κ3) is 4.30. The van der Waals surface area contributed by atoms with Crippen LogP contribution in [0.25, 0.3) is 6.08 Å². The van der Waals surface area contributed by atoms with Gasteiger partial charge in [0.05, 0.1) is 17.9 Å². The molecule has 0 radical (unpaired) electrons. The van der Waals surface area contributed by atoms with Gasteiger partial charge in [-0.05, 0) is 30.7 Å². The number of carbonyl (C=O) groups excluding carboxylic acids is 1. The van der Waals surface area contributed by atoms with Gasteiger partial charge in [-0.15, -0.1) is 0 Å². The van der Waals surface area contributed by atoms with Crippen LogP contribution in [0.3, 0.4) is 0 Å². The van der Waals surface area contributed by atoms with Crippen molar-refractivity contribution in [1.82, 2.24) is 9.78 Å². The maximum atomic E-state index is 12.2. The summed E-state index contributed by atoms with van der Waals surface area (Å²) in [5.41, 5.74) is 2.25. The first-order chi connectivity index (χ1) is 10.6. The summed E-state index contributed by atoms with van der Waals surface area (Å²) in [6.45, 7) is 2.86. The number of methoxy groups -OCH3 is 1. The molecule has 5 nitrogen and oxygen atoms in total. The van der Waals surface area contributed by atoms with Crippen LogP contribution in [0.4, 0.5) is 0 Å². The van der Waals surface area contributed by atoms with E-state index >= 15 is 0 Å². The second-order valence-electron chi connectivity index (χ2n) is 4.91. The molecule has 0 spiro atoms. The topological polar surface area (TPSA) is 53.4 Å². The highest BCUT2D eigenvalue weighted by Crippen LogP contribution is 2.15. The molecular weight excluding hydrogens is 280 g/mol. The Morgan fingerprint density at radius 3 is 2.86 bits per heavy atom. The highest BCUT2D eigenvalue weighted by atomic mass is 16.5. The Balaban J connectivity index is 2.05. The van der Waals surface area contributed by atoms with Crippen molar-refractivity contribution in [2.24, 2.45) is 7.05 Å². The van der Waals surface area contributed by atoms with Gasteiger partial charge in [-0.1, -0.05) is 18.2 Å². The van der Waals surface area contributed by atoms with Gasteiger partial charge < -0.3 is 9.47 Å². The Labute approximate surface area is 130 Å². The second-order valence-corrected chi connectivity index (χ2v) is 4.91. The minimum atomic E-state index is -0.0590. The number of ether oxygens (including phenoxy) is 2. The molecule has 1 aromatic heterocycles. The Hall–Kier alpha value is -2.40. The normalized spacial score (nSPS) is 11.0. The van der Waals surface area contributed by atoms with Gasteiger partial charge in [0.2, 0.25) is 0 Å². The average molecular weight is 300 g/mol. The average Bonchev–Trinajstić information content (AvgIpc) is 2.84. The lowest BCUT2D eigenvalue weighted by atomic mass is 10.1. The molecule has 22 heavy (non-hydrogen) atoms. The van der Waals surface area contributed by atoms with E-state index in [-0.39, 0.29) is 5.78 Å². The van der Waals surface area contributed by atoms with E-state index in [9.17, 15) is 4.79 Å². The van der Waals surface area contributed by atoms with Gasteiger partial charge in [0.1, 0.15) is 12.4 Å². The van der Waals surface area contributed by atoms with Crippen LogP contribution < -0.4 is 4.74 Å². The van der Waals surface area contributed by atoms with E-state index in [0.29, 0.717) is 18.8 Å². The Morgan fingerprint density at radius 1 is 1.36 bits per heavy atom. The number of allylic oxidation sites excluding steroid dienone is 1. The van der Waals surface area contributed by atoms with Gasteiger partial charge >= 0.3 is 0 Å². The van der Waals surface area contributed by atoms with Gasteiger partial charge in [-0.2, -0.15) is 5.10 Å². The Kier molecular flexibility index (Phi) is 5.49. The van der Waals surface area contributed by atoms with E-state index in [1.54, 1.807) is 37.2 Å². The van der Waals surface area contributed by atoms with E-state index in [0.717, 1.165) is 17.0 Å². The summed E-state index contributed by atoms with van der Waals surface area (Å²) >= 11 is 0. The summed E-state index contributed by atoms with van der Waals surface area (Å²) in [4.78, 5) is 12.2. The lowest BCUT2D eigenvalue weighted by molar-refractivity contribution is 0.104. The third-order valence-electron chi connectivity index (χ3n) is 3.12. The molecule has 2 rings (SSSR count).